The number of anilines is 1. The standard InChI is InChI=1S/C26H32N2O4/c1-6-7-8-15-28-23(18-9-12-20(13-10-18)27(3)4)22(25(30)26(28)31)24(29)19-11-14-21(32-5)17(2)16-19/h9-14,16,23,29H,6-8,15H2,1-5H3/b24-22-. The van der Waals surface area contributed by atoms with Crippen molar-refractivity contribution < 1.29 is 19.4 Å². The van der Waals surface area contributed by atoms with Crippen molar-refractivity contribution in [2.24, 2.45) is 0 Å². The van der Waals surface area contributed by atoms with Crippen molar-refractivity contribution in [2.45, 2.75) is 39.2 Å². The molecular formula is C26H32N2O4. The molecule has 2 aromatic carbocycles. The molecule has 0 saturated carbocycles. The lowest BCUT2D eigenvalue weighted by molar-refractivity contribution is -0.139. The summed E-state index contributed by atoms with van der Waals surface area (Å²) in [6.45, 7) is 4.44. The van der Waals surface area contributed by atoms with Gasteiger partial charge >= 0.3 is 0 Å². The average Bonchev–Trinajstić information content (AvgIpc) is 3.03. The number of ketones is 1. The van der Waals surface area contributed by atoms with Gasteiger partial charge in [0.2, 0.25) is 0 Å². The van der Waals surface area contributed by atoms with Crippen molar-refractivity contribution in [2.75, 3.05) is 32.6 Å². The Balaban J connectivity index is 2.12. The fourth-order valence-electron chi connectivity index (χ4n) is 4.13. The van der Waals surface area contributed by atoms with E-state index in [9.17, 15) is 14.7 Å². The van der Waals surface area contributed by atoms with Gasteiger partial charge in [0.25, 0.3) is 11.7 Å². The second-order valence-electron chi connectivity index (χ2n) is 8.37. The molecule has 32 heavy (non-hydrogen) atoms. The highest BCUT2D eigenvalue weighted by Crippen LogP contribution is 2.40. The third-order valence-electron chi connectivity index (χ3n) is 5.94. The van der Waals surface area contributed by atoms with Crippen LogP contribution in [0.1, 0.15) is 48.9 Å². The molecule has 1 aliphatic rings. The zero-order chi connectivity index (χ0) is 23.4. The monoisotopic (exact) mass is 436 g/mol. The van der Waals surface area contributed by atoms with Gasteiger partial charge in [-0.05, 0) is 54.8 Å². The van der Waals surface area contributed by atoms with Crippen molar-refractivity contribution in [3.05, 3.63) is 64.7 Å². The van der Waals surface area contributed by atoms with E-state index >= 15 is 0 Å². The quantitative estimate of drug-likeness (QED) is 0.282. The van der Waals surface area contributed by atoms with Crippen LogP contribution in [0, 0.1) is 6.92 Å². The van der Waals surface area contributed by atoms with Gasteiger partial charge in [-0.2, -0.15) is 0 Å². The number of rotatable bonds is 8. The summed E-state index contributed by atoms with van der Waals surface area (Å²) in [6, 6.07) is 12.4. The van der Waals surface area contributed by atoms with Crippen LogP contribution in [0.25, 0.3) is 5.76 Å². The summed E-state index contributed by atoms with van der Waals surface area (Å²) in [7, 11) is 5.50. The van der Waals surface area contributed by atoms with Crippen LogP contribution in [0.15, 0.2) is 48.0 Å². The summed E-state index contributed by atoms with van der Waals surface area (Å²) >= 11 is 0. The normalized spacial score (nSPS) is 17.7. The summed E-state index contributed by atoms with van der Waals surface area (Å²) in [4.78, 5) is 29.7. The molecule has 6 heteroatoms. The lowest BCUT2D eigenvalue weighted by atomic mass is 9.94. The lowest BCUT2D eigenvalue weighted by Gasteiger charge is -2.26. The first-order valence-electron chi connectivity index (χ1n) is 11.0. The lowest BCUT2D eigenvalue weighted by Crippen LogP contribution is -2.30. The van der Waals surface area contributed by atoms with Gasteiger partial charge in [0.15, 0.2) is 0 Å². The Kier molecular flexibility index (Phi) is 7.23. The van der Waals surface area contributed by atoms with Crippen LogP contribution in [-0.4, -0.2) is 49.4 Å². The Morgan fingerprint density at radius 2 is 1.78 bits per heavy atom. The summed E-state index contributed by atoms with van der Waals surface area (Å²) in [5.74, 6) is -0.671. The smallest absolute Gasteiger partial charge is 0.295 e. The molecule has 1 heterocycles. The average molecular weight is 437 g/mol. The molecule has 0 radical (unpaired) electrons. The second-order valence-corrected chi connectivity index (χ2v) is 8.37. The molecule has 1 atom stereocenters. The molecule has 0 aliphatic carbocycles. The van der Waals surface area contributed by atoms with Crippen molar-refractivity contribution in [3.63, 3.8) is 0 Å². The van der Waals surface area contributed by atoms with E-state index < -0.39 is 17.7 Å². The molecule has 2 aromatic rings. The Morgan fingerprint density at radius 1 is 1.09 bits per heavy atom. The van der Waals surface area contributed by atoms with Gasteiger partial charge in [-0.15, -0.1) is 0 Å². The molecule has 0 bridgehead atoms. The summed E-state index contributed by atoms with van der Waals surface area (Å²) in [5.41, 5.74) is 3.28. The van der Waals surface area contributed by atoms with Gasteiger partial charge in [0.05, 0.1) is 18.7 Å². The number of nitrogens with zero attached hydrogens (tertiary/aromatic N) is 2. The maximum absolute atomic E-state index is 13.1. The molecule has 1 fully saturated rings. The van der Waals surface area contributed by atoms with E-state index in [1.54, 1.807) is 30.2 Å². The minimum atomic E-state index is -0.644. The molecule has 170 valence electrons. The molecule has 1 saturated heterocycles. The van der Waals surface area contributed by atoms with Gasteiger partial charge < -0.3 is 19.6 Å². The Hall–Kier alpha value is -3.28. The summed E-state index contributed by atoms with van der Waals surface area (Å²) in [6.07, 6.45) is 2.78. The van der Waals surface area contributed by atoms with Crippen molar-refractivity contribution >= 4 is 23.1 Å². The van der Waals surface area contributed by atoms with E-state index in [1.165, 1.54) is 0 Å². The van der Waals surface area contributed by atoms with Crippen LogP contribution >= 0.6 is 0 Å². The van der Waals surface area contributed by atoms with Gasteiger partial charge in [-0.25, -0.2) is 0 Å². The second kappa shape index (κ2) is 9.90. The maximum atomic E-state index is 13.1. The molecular weight excluding hydrogens is 404 g/mol. The van der Waals surface area contributed by atoms with Crippen molar-refractivity contribution in [1.82, 2.24) is 4.90 Å². The topological polar surface area (TPSA) is 70.1 Å². The first kappa shape index (κ1) is 23.4. The number of carbonyl (C=O) groups is 2. The summed E-state index contributed by atoms with van der Waals surface area (Å²) < 4.78 is 5.31. The van der Waals surface area contributed by atoms with E-state index in [4.69, 9.17) is 4.74 Å². The number of unbranched alkanes of at least 4 members (excludes halogenated alkanes) is 2. The number of ether oxygens (including phenoxy) is 1. The molecule has 1 N–H and O–H groups in total. The highest BCUT2D eigenvalue weighted by atomic mass is 16.5. The molecule has 6 nitrogen and oxygen atoms in total. The molecule has 1 unspecified atom stereocenters. The number of carbonyl (C=O) groups excluding carboxylic acids is 2. The van der Waals surface area contributed by atoms with Crippen molar-refractivity contribution in [3.8, 4) is 5.75 Å². The van der Waals surface area contributed by atoms with E-state index in [2.05, 4.69) is 6.92 Å². The number of benzene rings is 2. The first-order chi connectivity index (χ1) is 15.3. The predicted molar refractivity (Wildman–Crippen MR) is 127 cm³/mol. The highest BCUT2D eigenvalue weighted by Gasteiger charge is 2.45. The Morgan fingerprint density at radius 3 is 2.34 bits per heavy atom. The molecule has 1 amide bonds. The van der Waals surface area contributed by atoms with Gasteiger partial charge in [0.1, 0.15) is 11.5 Å². The minimum absolute atomic E-state index is 0.133. The minimum Gasteiger partial charge on any atom is -0.507 e. The molecule has 3 rings (SSSR count). The van der Waals surface area contributed by atoms with Crippen LogP contribution in [0.3, 0.4) is 0 Å². The molecule has 0 aromatic heterocycles. The number of aliphatic hydroxyl groups excluding tert-OH is 1. The van der Waals surface area contributed by atoms with Gasteiger partial charge in [-0.3, -0.25) is 9.59 Å². The van der Waals surface area contributed by atoms with Crippen LogP contribution in [0.4, 0.5) is 5.69 Å². The molecule has 1 aliphatic heterocycles. The number of likely N-dealkylation sites (tertiary alicyclic amines) is 1. The number of Topliss-reactive ketones (excluding diaryl/α,β-unsaturated/α-hetero) is 1. The number of aryl methyl sites for hydroxylation is 1. The fraction of sp³-hybridized carbons (Fsp3) is 0.385. The SMILES string of the molecule is CCCCCN1C(=O)C(=O)/C(=C(\O)c2ccc(OC)c(C)c2)C1c1ccc(N(C)C)cc1. The van der Waals surface area contributed by atoms with Crippen LogP contribution in [0.2, 0.25) is 0 Å². The first-order valence-corrected chi connectivity index (χ1v) is 11.0. The Labute approximate surface area is 190 Å². The van der Waals surface area contributed by atoms with Crippen LogP contribution in [0.5, 0.6) is 5.75 Å². The number of amides is 1. The number of aliphatic hydroxyl groups is 1. The third kappa shape index (κ3) is 4.49. The highest BCUT2D eigenvalue weighted by molar-refractivity contribution is 6.46. The van der Waals surface area contributed by atoms with Crippen molar-refractivity contribution in [1.29, 1.82) is 0 Å². The summed E-state index contributed by atoms with van der Waals surface area (Å²) in [5, 5.41) is 11.2. The fourth-order valence-corrected chi connectivity index (χ4v) is 4.13. The third-order valence-corrected chi connectivity index (χ3v) is 5.94. The molecule has 0 spiro atoms. The van der Waals surface area contributed by atoms with Crippen LogP contribution in [-0.2, 0) is 9.59 Å². The van der Waals surface area contributed by atoms with E-state index in [0.29, 0.717) is 17.9 Å². The van der Waals surface area contributed by atoms with E-state index in [1.807, 2.05) is 50.2 Å². The maximum Gasteiger partial charge on any atom is 0.295 e. The Bertz CT molecular complexity index is 1020. The van der Waals surface area contributed by atoms with Gasteiger partial charge in [0, 0.05) is 31.9 Å². The number of hydrogen-bond acceptors (Lipinski definition) is 5. The number of methoxy groups -OCH3 is 1. The zero-order valence-electron chi connectivity index (χ0n) is 19.5. The zero-order valence-corrected chi connectivity index (χ0v) is 19.5. The van der Waals surface area contributed by atoms with Crippen LogP contribution < -0.4 is 9.64 Å². The largest absolute Gasteiger partial charge is 0.507 e. The van der Waals surface area contributed by atoms with Gasteiger partial charge in [-0.1, -0.05) is 31.9 Å². The number of hydrogen-bond donors (Lipinski definition) is 1. The predicted octanol–water partition coefficient (Wildman–Crippen LogP) is 4.68. The van der Waals surface area contributed by atoms with E-state index in [-0.39, 0.29) is 11.3 Å². The van der Waals surface area contributed by atoms with E-state index in [0.717, 1.165) is 36.1 Å².